The highest BCUT2D eigenvalue weighted by Crippen LogP contribution is 2.15. The van der Waals surface area contributed by atoms with Crippen LogP contribution in [-0.4, -0.2) is 25.0 Å². The number of benzene rings is 2. The van der Waals surface area contributed by atoms with Gasteiger partial charge in [0.25, 0.3) is 0 Å². The summed E-state index contributed by atoms with van der Waals surface area (Å²) in [5.74, 6) is 0.332. The van der Waals surface area contributed by atoms with E-state index in [0.717, 1.165) is 24.3 Å². The fourth-order valence-electron chi connectivity index (χ4n) is 2.47. The Labute approximate surface area is 160 Å². The minimum atomic E-state index is -0.385. The maximum atomic E-state index is 12.3. The molecule has 0 radical (unpaired) electrons. The molecule has 0 aliphatic rings. The number of ether oxygens (including phenoxy) is 2. The van der Waals surface area contributed by atoms with E-state index in [4.69, 9.17) is 9.47 Å². The first kappa shape index (κ1) is 20.4. The second kappa shape index (κ2) is 11.0. The lowest BCUT2D eigenvalue weighted by atomic mass is 10.1. The van der Waals surface area contributed by atoms with Gasteiger partial charge in [0.2, 0.25) is 0 Å². The molecule has 0 spiro atoms. The molecule has 0 aliphatic heterocycles. The highest BCUT2D eigenvalue weighted by molar-refractivity contribution is 6.07. The van der Waals surface area contributed by atoms with Crippen molar-refractivity contribution in [2.45, 2.75) is 33.1 Å². The molecule has 0 atom stereocenters. The van der Waals surface area contributed by atoms with Crippen molar-refractivity contribution in [2.75, 3.05) is 13.2 Å². The minimum Gasteiger partial charge on any atom is -0.494 e. The van der Waals surface area contributed by atoms with E-state index >= 15 is 0 Å². The van der Waals surface area contributed by atoms with Crippen molar-refractivity contribution < 1.29 is 19.1 Å². The van der Waals surface area contributed by atoms with Gasteiger partial charge in [0.1, 0.15) is 5.75 Å². The molecule has 27 heavy (non-hydrogen) atoms. The van der Waals surface area contributed by atoms with Crippen molar-refractivity contribution in [3.05, 3.63) is 71.3 Å². The Morgan fingerprint density at radius 1 is 0.889 bits per heavy atom. The molecule has 0 fully saturated rings. The van der Waals surface area contributed by atoms with E-state index in [1.807, 2.05) is 24.3 Å². The summed E-state index contributed by atoms with van der Waals surface area (Å²) in [5, 5.41) is 0. The topological polar surface area (TPSA) is 52.6 Å². The highest BCUT2D eigenvalue weighted by atomic mass is 16.5. The van der Waals surface area contributed by atoms with Crippen LogP contribution in [0.2, 0.25) is 0 Å². The van der Waals surface area contributed by atoms with Crippen molar-refractivity contribution in [1.29, 1.82) is 0 Å². The van der Waals surface area contributed by atoms with Crippen LogP contribution in [0.15, 0.2) is 54.6 Å². The second-order valence-corrected chi connectivity index (χ2v) is 6.12. The van der Waals surface area contributed by atoms with E-state index in [0.29, 0.717) is 17.7 Å². The number of esters is 1. The van der Waals surface area contributed by atoms with Crippen molar-refractivity contribution >= 4 is 17.8 Å². The molecule has 0 unspecified atom stereocenters. The van der Waals surface area contributed by atoms with Crippen molar-refractivity contribution in [3.63, 3.8) is 0 Å². The Bertz CT molecular complexity index is 758. The number of carbonyl (C=O) groups is 2. The standard InChI is InChI=1S/C23H26O4/c1-3-5-6-17-27-21-14-7-18(8-15-21)9-16-22(24)19-10-12-20(13-11-19)23(25)26-4-2/h7-16H,3-6,17H2,1-2H3. The van der Waals surface area contributed by atoms with Gasteiger partial charge in [-0.1, -0.05) is 50.1 Å². The third-order valence-corrected chi connectivity index (χ3v) is 4.00. The average Bonchev–Trinajstić information content (AvgIpc) is 2.70. The third-order valence-electron chi connectivity index (χ3n) is 4.00. The highest BCUT2D eigenvalue weighted by Gasteiger charge is 2.07. The van der Waals surface area contributed by atoms with Crippen LogP contribution in [0.5, 0.6) is 5.75 Å². The van der Waals surface area contributed by atoms with Gasteiger partial charge in [-0.3, -0.25) is 4.79 Å². The normalized spacial score (nSPS) is 10.7. The summed E-state index contributed by atoms with van der Waals surface area (Å²) in [5.41, 5.74) is 1.88. The second-order valence-electron chi connectivity index (χ2n) is 6.12. The van der Waals surface area contributed by atoms with E-state index < -0.39 is 0 Å². The Balaban J connectivity index is 1.91. The summed E-state index contributed by atoms with van der Waals surface area (Å²) in [7, 11) is 0. The Morgan fingerprint density at radius 3 is 2.19 bits per heavy atom. The molecule has 4 heteroatoms. The molecule has 0 aromatic heterocycles. The van der Waals surface area contributed by atoms with Gasteiger partial charge in [0.05, 0.1) is 18.8 Å². The van der Waals surface area contributed by atoms with Gasteiger partial charge in [0, 0.05) is 5.56 Å². The molecule has 2 aromatic rings. The van der Waals surface area contributed by atoms with Gasteiger partial charge in [-0.25, -0.2) is 4.79 Å². The number of ketones is 1. The van der Waals surface area contributed by atoms with E-state index in [9.17, 15) is 9.59 Å². The van der Waals surface area contributed by atoms with Crippen LogP contribution in [0.4, 0.5) is 0 Å². The van der Waals surface area contributed by atoms with E-state index in [-0.39, 0.29) is 11.8 Å². The molecule has 0 saturated carbocycles. The summed E-state index contributed by atoms with van der Waals surface area (Å²) >= 11 is 0. The fourth-order valence-corrected chi connectivity index (χ4v) is 2.47. The number of rotatable bonds is 10. The zero-order valence-corrected chi connectivity index (χ0v) is 15.9. The number of carbonyl (C=O) groups excluding carboxylic acids is 2. The van der Waals surface area contributed by atoms with Crippen molar-refractivity contribution in [3.8, 4) is 5.75 Å². The Kier molecular flexibility index (Phi) is 8.30. The lowest BCUT2D eigenvalue weighted by Crippen LogP contribution is -2.05. The molecule has 0 amide bonds. The van der Waals surface area contributed by atoms with Crippen molar-refractivity contribution in [1.82, 2.24) is 0 Å². The summed E-state index contributed by atoms with van der Waals surface area (Å²) in [6, 6.07) is 14.1. The zero-order valence-electron chi connectivity index (χ0n) is 15.9. The summed E-state index contributed by atoms with van der Waals surface area (Å²) in [6.07, 6.45) is 6.69. The van der Waals surface area contributed by atoms with Crippen LogP contribution < -0.4 is 4.74 Å². The van der Waals surface area contributed by atoms with Gasteiger partial charge in [0.15, 0.2) is 5.78 Å². The molecular formula is C23H26O4. The average molecular weight is 366 g/mol. The van der Waals surface area contributed by atoms with Gasteiger partial charge >= 0.3 is 5.97 Å². The number of unbranched alkanes of at least 4 members (excludes halogenated alkanes) is 2. The first-order chi connectivity index (χ1) is 13.1. The van der Waals surface area contributed by atoms with E-state index in [1.54, 1.807) is 37.3 Å². The minimum absolute atomic E-state index is 0.120. The lowest BCUT2D eigenvalue weighted by molar-refractivity contribution is 0.0526. The quantitative estimate of drug-likeness (QED) is 0.247. The monoisotopic (exact) mass is 366 g/mol. The number of allylic oxidation sites excluding steroid dienone is 1. The maximum absolute atomic E-state index is 12.3. The zero-order chi connectivity index (χ0) is 19.5. The molecule has 0 saturated heterocycles. The van der Waals surface area contributed by atoms with Gasteiger partial charge in [-0.05, 0) is 49.2 Å². The molecule has 2 aromatic carbocycles. The van der Waals surface area contributed by atoms with Crippen LogP contribution in [0.25, 0.3) is 6.08 Å². The molecule has 0 N–H and O–H groups in total. The molecular weight excluding hydrogens is 340 g/mol. The van der Waals surface area contributed by atoms with Gasteiger partial charge in [-0.2, -0.15) is 0 Å². The number of hydrogen-bond acceptors (Lipinski definition) is 4. The fraction of sp³-hybridized carbons (Fsp3) is 0.304. The SMILES string of the molecule is CCCCCOc1ccc(C=CC(=O)c2ccc(C(=O)OCC)cc2)cc1. The van der Waals surface area contributed by atoms with Crippen LogP contribution >= 0.6 is 0 Å². The molecule has 0 heterocycles. The third kappa shape index (κ3) is 6.74. The van der Waals surface area contributed by atoms with Crippen LogP contribution in [0, 0.1) is 0 Å². The predicted molar refractivity (Wildman–Crippen MR) is 107 cm³/mol. The van der Waals surface area contributed by atoms with E-state index in [1.165, 1.54) is 18.9 Å². The summed E-state index contributed by atoms with van der Waals surface area (Å²) in [4.78, 5) is 23.9. The predicted octanol–water partition coefficient (Wildman–Crippen LogP) is 5.33. The van der Waals surface area contributed by atoms with Crippen LogP contribution in [-0.2, 0) is 4.74 Å². The van der Waals surface area contributed by atoms with Crippen LogP contribution in [0.1, 0.15) is 59.4 Å². The molecule has 142 valence electrons. The first-order valence-corrected chi connectivity index (χ1v) is 9.36. The Morgan fingerprint density at radius 2 is 1.56 bits per heavy atom. The molecule has 4 nitrogen and oxygen atoms in total. The smallest absolute Gasteiger partial charge is 0.338 e. The summed E-state index contributed by atoms with van der Waals surface area (Å²) in [6.45, 7) is 4.97. The van der Waals surface area contributed by atoms with Gasteiger partial charge in [-0.15, -0.1) is 0 Å². The van der Waals surface area contributed by atoms with Crippen LogP contribution in [0.3, 0.4) is 0 Å². The number of hydrogen-bond donors (Lipinski definition) is 0. The molecule has 0 aliphatic carbocycles. The lowest BCUT2D eigenvalue weighted by Gasteiger charge is -2.05. The maximum Gasteiger partial charge on any atom is 0.338 e. The van der Waals surface area contributed by atoms with E-state index in [2.05, 4.69) is 6.92 Å². The first-order valence-electron chi connectivity index (χ1n) is 9.36. The molecule has 2 rings (SSSR count). The summed E-state index contributed by atoms with van der Waals surface area (Å²) < 4.78 is 10.6. The van der Waals surface area contributed by atoms with Crippen molar-refractivity contribution in [2.24, 2.45) is 0 Å². The Hall–Kier alpha value is -2.88. The van der Waals surface area contributed by atoms with Gasteiger partial charge < -0.3 is 9.47 Å². The molecule has 0 bridgehead atoms. The largest absolute Gasteiger partial charge is 0.494 e.